The summed E-state index contributed by atoms with van der Waals surface area (Å²) in [6.45, 7) is 3.95. The Morgan fingerprint density at radius 3 is 2.75 bits per heavy atom. The zero-order valence-corrected chi connectivity index (χ0v) is 11.2. The summed E-state index contributed by atoms with van der Waals surface area (Å²) in [5.41, 5.74) is 0.466. The smallest absolute Gasteiger partial charge is 0.338 e. The summed E-state index contributed by atoms with van der Waals surface area (Å²) >= 11 is 0. The molecular formula is C15H16FNO3. The first-order valence-electron chi connectivity index (χ1n) is 6.36. The van der Waals surface area contributed by atoms with Gasteiger partial charge in [-0.2, -0.15) is 0 Å². The first-order chi connectivity index (χ1) is 9.60. The van der Waals surface area contributed by atoms with Crippen molar-refractivity contribution in [3.8, 4) is 0 Å². The monoisotopic (exact) mass is 277 g/mol. The molecule has 0 spiro atoms. The third-order valence-corrected chi connectivity index (χ3v) is 3.07. The summed E-state index contributed by atoms with van der Waals surface area (Å²) in [7, 11) is 0. The van der Waals surface area contributed by atoms with Crippen molar-refractivity contribution in [3.63, 3.8) is 0 Å². The van der Waals surface area contributed by atoms with E-state index < -0.39 is 11.8 Å². The van der Waals surface area contributed by atoms with Gasteiger partial charge >= 0.3 is 5.97 Å². The fourth-order valence-corrected chi connectivity index (χ4v) is 2.00. The van der Waals surface area contributed by atoms with Crippen molar-refractivity contribution >= 4 is 5.97 Å². The molecule has 0 saturated heterocycles. The van der Waals surface area contributed by atoms with E-state index in [0.717, 1.165) is 17.9 Å². The van der Waals surface area contributed by atoms with E-state index >= 15 is 0 Å². The Labute approximate surface area is 116 Å². The number of hydrogen-bond donors (Lipinski definition) is 1. The van der Waals surface area contributed by atoms with Crippen LogP contribution >= 0.6 is 0 Å². The number of rotatable bonds is 6. The highest BCUT2D eigenvalue weighted by molar-refractivity contribution is 5.88. The lowest BCUT2D eigenvalue weighted by molar-refractivity contribution is 0.0691. The van der Waals surface area contributed by atoms with Gasteiger partial charge in [0.05, 0.1) is 18.4 Å². The minimum absolute atomic E-state index is 0.295. The van der Waals surface area contributed by atoms with Crippen molar-refractivity contribution in [1.82, 2.24) is 4.90 Å². The van der Waals surface area contributed by atoms with E-state index in [1.807, 2.05) is 19.1 Å². The molecule has 0 bridgehead atoms. The van der Waals surface area contributed by atoms with Crippen LogP contribution in [-0.2, 0) is 13.1 Å². The highest BCUT2D eigenvalue weighted by Gasteiger charge is 2.13. The number of aromatic carboxylic acids is 1. The van der Waals surface area contributed by atoms with Crippen LogP contribution in [0.25, 0.3) is 0 Å². The lowest BCUT2D eigenvalue weighted by Gasteiger charge is -2.19. The van der Waals surface area contributed by atoms with Crippen molar-refractivity contribution in [3.05, 3.63) is 59.3 Å². The minimum Gasteiger partial charge on any atom is -0.478 e. The van der Waals surface area contributed by atoms with Crippen LogP contribution in [0.4, 0.5) is 4.39 Å². The number of benzene rings is 1. The number of carboxylic acid groups (broad SMARTS) is 1. The molecule has 1 aromatic carbocycles. The number of hydrogen-bond acceptors (Lipinski definition) is 3. The van der Waals surface area contributed by atoms with E-state index in [1.165, 1.54) is 12.1 Å². The molecule has 2 rings (SSSR count). The zero-order chi connectivity index (χ0) is 14.5. The number of furan rings is 1. The Morgan fingerprint density at radius 1 is 1.35 bits per heavy atom. The quantitative estimate of drug-likeness (QED) is 0.881. The van der Waals surface area contributed by atoms with Gasteiger partial charge in [0.1, 0.15) is 11.6 Å². The Bertz CT molecular complexity index is 581. The molecule has 2 aromatic rings. The molecule has 0 saturated carbocycles. The molecule has 0 amide bonds. The molecule has 20 heavy (non-hydrogen) atoms. The van der Waals surface area contributed by atoms with E-state index in [-0.39, 0.29) is 5.56 Å². The van der Waals surface area contributed by atoms with Crippen molar-refractivity contribution < 1.29 is 18.7 Å². The predicted molar refractivity (Wildman–Crippen MR) is 71.9 cm³/mol. The zero-order valence-electron chi connectivity index (χ0n) is 11.2. The molecule has 0 aliphatic heterocycles. The topological polar surface area (TPSA) is 53.7 Å². The van der Waals surface area contributed by atoms with E-state index in [9.17, 15) is 9.18 Å². The van der Waals surface area contributed by atoms with Gasteiger partial charge in [-0.05, 0) is 36.4 Å². The van der Waals surface area contributed by atoms with Gasteiger partial charge in [0.2, 0.25) is 0 Å². The van der Waals surface area contributed by atoms with Gasteiger partial charge in [0.25, 0.3) is 0 Å². The maximum absolute atomic E-state index is 13.3. The standard InChI is InChI=1S/C15H16FNO3/c1-2-17(10-12-4-3-7-20-12)9-11-5-6-14(16)13(8-11)15(18)19/h3-8H,2,9-10H2,1H3,(H,18,19). The van der Waals surface area contributed by atoms with Gasteiger partial charge in [0, 0.05) is 6.54 Å². The molecular weight excluding hydrogens is 261 g/mol. The first-order valence-corrected chi connectivity index (χ1v) is 6.36. The van der Waals surface area contributed by atoms with Crippen molar-refractivity contribution in [1.29, 1.82) is 0 Å². The molecule has 1 aromatic heterocycles. The second-order valence-electron chi connectivity index (χ2n) is 4.50. The van der Waals surface area contributed by atoms with Crippen LogP contribution in [-0.4, -0.2) is 22.5 Å². The van der Waals surface area contributed by atoms with Crippen LogP contribution < -0.4 is 0 Å². The second kappa shape index (κ2) is 6.34. The second-order valence-corrected chi connectivity index (χ2v) is 4.50. The van der Waals surface area contributed by atoms with Gasteiger partial charge in [-0.15, -0.1) is 0 Å². The molecule has 0 unspecified atom stereocenters. The molecule has 1 heterocycles. The lowest BCUT2D eigenvalue weighted by atomic mass is 10.1. The largest absolute Gasteiger partial charge is 0.478 e. The summed E-state index contributed by atoms with van der Waals surface area (Å²) in [6, 6.07) is 7.88. The Kier molecular flexibility index (Phi) is 4.53. The van der Waals surface area contributed by atoms with Crippen molar-refractivity contribution in [2.24, 2.45) is 0 Å². The van der Waals surface area contributed by atoms with Crippen LogP contribution in [0.3, 0.4) is 0 Å². The molecule has 0 atom stereocenters. The van der Waals surface area contributed by atoms with Crippen LogP contribution in [0.2, 0.25) is 0 Å². The fourth-order valence-electron chi connectivity index (χ4n) is 2.00. The number of carboxylic acids is 1. The number of halogens is 1. The summed E-state index contributed by atoms with van der Waals surface area (Å²) in [4.78, 5) is 13.0. The maximum atomic E-state index is 13.3. The van der Waals surface area contributed by atoms with Crippen molar-refractivity contribution in [2.75, 3.05) is 6.54 Å². The molecule has 0 fully saturated rings. The van der Waals surface area contributed by atoms with Gasteiger partial charge in [-0.25, -0.2) is 9.18 Å². The third kappa shape index (κ3) is 3.45. The van der Waals surface area contributed by atoms with Crippen LogP contribution in [0, 0.1) is 5.82 Å². The predicted octanol–water partition coefficient (Wildman–Crippen LogP) is 3.14. The fraction of sp³-hybridized carbons (Fsp3) is 0.267. The highest BCUT2D eigenvalue weighted by atomic mass is 19.1. The van der Waals surface area contributed by atoms with E-state index in [1.54, 1.807) is 12.3 Å². The normalized spacial score (nSPS) is 10.9. The Balaban J connectivity index is 2.11. The lowest BCUT2D eigenvalue weighted by Crippen LogP contribution is -2.22. The van der Waals surface area contributed by atoms with E-state index in [4.69, 9.17) is 9.52 Å². The third-order valence-electron chi connectivity index (χ3n) is 3.07. The average Bonchev–Trinajstić information content (AvgIpc) is 2.92. The molecule has 106 valence electrons. The van der Waals surface area contributed by atoms with Crippen LogP contribution in [0.1, 0.15) is 28.6 Å². The Morgan fingerprint density at radius 2 is 2.15 bits per heavy atom. The summed E-state index contributed by atoms with van der Waals surface area (Å²) in [5.74, 6) is -1.12. The van der Waals surface area contributed by atoms with Crippen molar-refractivity contribution in [2.45, 2.75) is 20.0 Å². The molecule has 1 N–H and O–H groups in total. The SMILES string of the molecule is CCN(Cc1ccc(F)c(C(=O)O)c1)Cc1ccco1. The number of carbonyl (C=O) groups is 1. The first kappa shape index (κ1) is 14.3. The van der Waals surface area contributed by atoms with E-state index in [2.05, 4.69) is 4.90 Å². The summed E-state index contributed by atoms with van der Waals surface area (Å²) in [6.07, 6.45) is 1.61. The van der Waals surface area contributed by atoms with Gasteiger partial charge < -0.3 is 9.52 Å². The molecule has 0 radical (unpaired) electrons. The maximum Gasteiger partial charge on any atom is 0.338 e. The van der Waals surface area contributed by atoms with Crippen LogP contribution in [0.5, 0.6) is 0 Å². The summed E-state index contributed by atoms with van der Waals surface area (Å²) < 4.78 is 18.6. The van der Waals surface area contributed by atoms with E-state index in [0.29, 0.717) is 13.1 Å². The van der Waals surface area contributed by atoms with Gasteiger partial charge in [-0.3, -0.25) is 4.90 Å². The average molecular weight is 277 g/mol. The molecule has 0 aliphatic carbocycles. The number of nitrogens with zero attached hydrogens (tertiary/aromatic N) is 1. The molecule has 0 aliphatic rings. The van der Waals surface area contributed by atoms with Gasteiger partial charge in [-0.1, -0.05) is 13.0 Å². The highest BCUT2D eigenvalue weighted by Crippen LogP contribution is 2.14. The molecule has 4 nitrogen and oxygen atoms in total. The molecule has 5 heteroatoms. The summed E-state index contributed by atoms with van der Waals surface area (Å²) in [5, 5.41) is 8.92. The van der Waals surface area contributed by atoms with Crippen LogP contribution in [0.15, 0.2) is 41.0 Å². The van der Waals surface area contributed by atoms with Gasteiger partial charge in [0.15, 0.2) is 0 Å². The Hall–Kier alpha value is -2.14. The minimum atomic E-state index is -1.25.